The molecule has 0 amide bonds. The van der Waals surface area contributed by atoms with Crippen molar-refractivity contribution < 1.29 is 4.42 Å². The third kappa shape index (κ3) is 4.34. The summed E-state index contributed by atoms with van der Waals surface area (Å²) in [6.45, 7) is 0. The lowest BCUT2D eigenvalue weighted by Gasteiger charge is -2.11. The van der Waals surface area contributed by atoms with E-state index in [0.717, 1.165) is 72.1 Å². The van der Waals surface area contributed by atoms with Crippen molar-refractivity contribution in [3.63, 3.8) is 0 Å². The first-order valence-corrected chi connectivity index (χ1v) is 14.3. The van der Waals surface area contributed by atoms with Gasteiger partial charge in [0.05, 0.1) is 23.0 Å². The molecule has 2 aromatic heterocycles. The molecule has 0 unspecified atom stereocenters. The van der Waals surface area contributed by atoms with Crippen molar-refractivity contribution in [2.24, 2.45) is 0 Å². The molecule has 3 nitrogen and oxygen atoms in total. The summed E-state index contributed by atoms with van der Waals surface area (Å²) in [6.07, 6.45) is 0. The van der Waals surface area contributed by atoms with E-state index < -0.39 is 0 Å². The van der Waals surface area contributed by atoms with Crippen LogP contribution in [0.1, 0.15) is 5.56 Å². The second kappa shape index (κ2) is 10.1. The lowest BCUT2D eigenvalue weighted by Crippen LogP contribution is -1.91. The van der Waals surface area contributed by atoms with Gasteiger partial charge in [0.1, 0.15) is 11.2 Å². The van der Waals surface area contributed by atoms with Crippen LogP contribution < -0.4 is 0 Å². The van der Waals surface area contributed by atoms with Crippen molar-refractivity contribution in [3.8, 4) is 50.8 Å². The van der Waals surface area contributed by atoms with E-state index in [1.807, 2.05) is 48.5 Å². The zero-order chi connectivity index (χ0) is 28.8. The molecule has 0 spiro atoms. The third-order valence-corrected chi connectivity index (χ3v) is 8.12. The van der Waals surface area contributed by atoms with Crippen LogP contribution in [0.15, 0.2) is 150 Å². The van der Waals surface area contributed by atoms with Gasteiger partial charge in [0, 0.05) is 27.3 Å². The summed E-state index contributed by atoms with van der Waals surface area (Å²) in [5.74, 6) is 0. The smallest absolute Gasteiger partial charge is 0.143 e. The monoisotopic (exact) mass is 548 g/mol. The molecule has 0 radical (unpaired) electrons. The zero-order valence-corrected chi connectivity index (χ0v) is 23.2. The number of hydrogen-bond acceptors (Lipinski definition) is 3. The summed E-state index contributed by atoms with van der Waals surface area (Å²) in [5.41, 5.74) is 10.7. The molecular weight excluding hydrogens is 524 g/mol. The molecular formula is C40H24N2O. The fourth-order valence-corrected chi connectivity index (χ4v) is 5.95. The van der Waals surface area contributed by atoms with Crippen LogP contribution in [0.5, 0.6) is 0 Å². The lowest BCUT2D eigenvalue weighted by atomic mass is 9.96. The summed E-state index contributed by atoms with van der Waals surface area (Å²) in [6, 6.07) is 52.0. The quantitative estimate of drug-likeness (QED) is 0.220. The number of furan rings is 1. The molecule has 0 bridgehead atoms. The van der Waals surface area contributed by atoms with E-state index >= 15 is 0 Å². The summed E-state index contributed by atoms with van der Waals surface area (Å²) < 4.78 is 6.42. The fourth-order valence-electron chi connectivity index (χ4n) is 5.95. The second-order valence-corrected chi connectivity index (χ2v) is 10.7. The highest BCUT2D eigenvalue weighted by atomic mass is 16.3. The van der Waals surface area contributed by atoms with Gasteiger partial charge in [-0.25, -0.2) is 4.98 Å². The minimum absolute atomic E-state index is 0.644. The second-order valence-electron chi connectivity index (χ2n) is 10.7. The molecule has 6 aromatic carbocycles. The van der Waals surface area contributed by atoms with E-state index in [4.69, 9.17) is 9.40 Å². The molecule has 0 saturated heterocycles. The molecule has 0 aliphatic carbocycles. The zero-order valence-electron chi connectivity index (χ0n) is 23.2. The minimum atomic E-state index is 0.644. The molecule has 0 fully saturated rings. The Labute approximate surface area is 248 Å². The SMILES string of the molecule is N#Cc1ccc(-c2cc(-c3ccccc3)nc(-c3ccc(-c4cccc5oc6c7ccccc7ccc6c45)cc3)c2)cc1. The van der Waals surface area contributed by atoms with Crippen LogP contribution in [0.4, 0.5) is 0 Å². The molecule has 8 aromatic rings. The Kier molecular flexibility index (Phi) is 5.84. The van der Waals surface area contributed by atoms with Gasteiger partial charge in [-0.2, -0.15) is 5.26 Å². The Balaban J connectivity index is 1.24. The molecule has 3 heteroatoms. The van der Waals surface area contributed by atoms with Crippen molar-refractivity contribution in [2.45, 2.75) is 0 Å². The van der Waals surface area contributed by atoms with Gasteiger partial charge in [0.15, 0.2) is 0 Å². The Morgan fingerprint density at radius 1 is 0.512 bits per heavy atom. The van der Waals surface area contributed by atoms with E-state index in [0.29, 0.717) is 5.56 Å². The highest BCUT2D eigenvalue weighted by molar-refractivity contribution is 6.19. The topological polar surface area (TPSA) is 49.8 Å². The number of fused-ring (bicyclic) bond motifs is 5. The molecule has 0 aliphatic heterocycles. The number of rotatable bonds is 4. The number of pyridine rings is 1. The van der Waals surface area contributed by atoms with Crippen LogP contribution >= 0.6 is 0 Å². The maximum atomic E-state index is 9.26. The number of nitrogens with zero attached hydrogens (tertiary/aromatic N) is 2. The third-order valence-electron chi connectivity index (χ3n) is 8.12. The van der Waals surface area contributed by atoms with Gasteiger partial charge in [0.25, 0.3) is 0 Å². The number of benzene rings is 6. The number of nitriles is 1. The van der Waals surface area contributed by atoms with Crippen LogP contribution in [0.2, 0.25) is 0 Å². The van der Waals surface area contributed by atoms with Gasteiger partial charge < -0.3 is 4.42 Å². The van der Waals surface area contributed by atoms with E-state index in [1.165, 1.54) is 5.39 Å². The average molecular weight is 549 g/mol. The fraction of sp³-hybridized carbons (Fsp3) is 0. The minimum Gasteiger partial charge on any atom is -0.455 e. The normalized spacial score (nSPS) is 11.2. The molecule has 0 aliphatic rings. The summed E-state index contributed by atoms with van der Waals surface area (Å²) in [7, 11) is 0. The first-order valence-electron chi connectivity index (χ1n) is 14.3. The summed E-state index contributed by atoms with van der Waals surface area (Å²) in [4.78, 5) is 5.08. The molecule has 0 N–H and O–H groups in total. The van der Waals surface area contributed by atoms with Crippen molar-refractivity contribution in [3.05, 3.63) is 151 Å². The highest BCUT2D eigenvalue weighted by Crippen LogP contribution is 2.40. The Morgan fingerprint density at radius 2 is 1.19 bits per heavy atom. The summed E-state index contributed by atoms with van der Waals surface area (Å²) in [5, 5.41) is 13.8. The van der Waals surface area contributed by atoms with Crippen molar-refractivity contribution in [1.29, 1.82) is 5.26 Å². The molecule has 43 heavy (non-hydrogen) atoms. The maximum absolute atomic E-state index is 9.26. The standard InChI is InChI=1S/C40H24N2O/c41-25-26-13-15-27(16-14-26)32-23-36(30-8-2-1-3-9-30)42-37(24-32)31-19-17-29(18-20-31)33-11-6-12-38-39(33)35-22-21-28-7-4-5-10-34(28)40(35)43-38/h1-24H. The predicted octanol–water partition coefficient (Wildman–Crippen LogP) is 10.7. The van der Waals surface area contributed by atoms with Gasteiger partial charge in [-0.15, -0.1) is 0 Å². The van der Waals surface area contributed by atoms with Gasteiger partial charge in [-0.1, -0.05) is 109 Å². The van der Waals surface area contributed by atoms with Crippen molar-refractivity contribution in [1.82, 2.24) is 4.98 Å². The van der Waals surface area contributed by atoms with Gasteiger partial charge in [-0.05, 0) is 64.0 Å². The first-order chi connectivity index (χ1) is 21.2. The molecule has 8 rings (SSSR count). The Morgan fingerprint density at radius 3 is 1.95 bits per heavy atom. The predicted molar refractivity (Wildman–Crippen MR) is 175 cm³/mol. The first kappa shape index (κ1) is 24.8. The average Bonchev–Trinajstić information content (AvgIpc) is 3.48. The van der Waals surface area contributed by atoms with Gasteiger partial charge >= 0.3 is 0 Å². The molecule has 0 atom stereocenters. The molecule has 2 heterocycles. The Hall–Kier alpha value is -5.98. The number of hydrogen-bond donors (Lipinski definition) is 0. The van der Waals surface area contributed by atoms with E-state index in [-0.39, 0.29) is 0 Å². The van der Waals surface area contributed by atoms with Crippen LogP contribution in [0.3, 0.4) is 0 Å². The summed E-state index contributed by atoms with van der Waals surface area (Å²) >= 11 is 0. The van der Waals surface area contributed by atoms with Crippen LogP contribution in [-0.4, -0.2) is 4.98 Å². The van der Waals surface area contributed by atoms with Crippen LogP contribution in [0.25, 0.3) is 77.5 Å². The van der Waals surface area contributed by atoms with E-state index in [1.54, 1.807) is 0 Å². The largest absolute Gasteiger partial charge is 0.455 e. The van der Waals surface area contributed by atoms with Gasteiger partial charge in [-0.3, -0.25) is 0 Å². The maximum Gasteiger partial charge on any atom is 0.143 e. The highest BCUT2D eigenvalue weighted by Gasteiger charge is 2.15. The van der Waals surface area contributed by atoms with E-state index in [9.17, 15) is 5.26 Å². The van der Waals surface area contributed by atoms with E-state index in [2.05, 4.69) is 103 Å². The van der Waals surface area contributed by atoms with Crippen molar-refractivity contribution in [2.75, 3.05) is 0 Å². The van der Waals surface area contributed by atoms with Crippen LogP contribution in [0, 0.1) is 11.3 Å². The lowest BCUT2D eigenvalue weighted by molar-refractivity contribution is 0.673. The van der Waals surface area contributed by atoms with Crippen molar-refractivity contribution >= 4 is 32.7 Å². The Bertz CT molecular complexity index is 2330. The molecule has 0 saturated carbocycles. The van der Waals surface area contributed by atoms with Gasteiger partial charge in [0.2, 0.25) is 0 Å². The molecule has 200 valence electrons. The van der Waals surface area contributed by atoms with Crippen LogP contribution in [-0.2, 0) is 0 Å². The number of aromatic nitrogens is 1.